The van der Waals surface area contributed by atoms with E-state index in [1.807, 2.05) is 42.5 Å². The standard InChI is InChI=1S/C27H27FN2O3/c1-31-21-7-5-6-19(16-21)26-17-22-20(10-11-25(32-2)27(22)33-26)18-29-12-14-30(15-13-29)24-9-4-3-8-23(24)28/h3-11,16-17H,12-15,18H2,1-2H3. The minimum absolute atomic E-state index is 0.161. The highest BCUT2D eigenvalue weighted by molar-refractivity contribution is 5.90. The van der Waals surface area contributed by atoms with Gasteiger partial charge in [-0.15, -0.1) is 0 Å². The average molecular weight is 447 g/mol. The number of anilines is 1. The van der Waals surface area contributed by atoms with Gasteiger partial charge in [0.15, 0.2) is 11.3 Å². The number of rotatable bonds is 6. The molecule has 4 aromatic rings. The van der Waals surface area contributed by atoms with E-state index in [9.17, 15) is 4.39 Å². The summed E-state index contributed by atoms with van der Waals surface area (Å²) in [6.45, 7) is 4.11. The first-order chi connectivity index (χ1) is 16.2. The summed E-state index contributed by atoms with van der Waals surface area (Å²) in [4.78, 5) is 4.52. The molecule has 1 aliphatic heterocycles. The van der Waals surface area contributed by atoms with Gasteiger partial charge in [-0.1, -0.05) is 30.3 Å². The van der Waals surface area contributed by atoms with Gasteiger partial charge in [-0.25, -0.2) is 4.39 Å². The van der Waals surface area contributed by atoms with Crippen molar-refractivity contribution in [2.24, 2.45) is 0 Å². The molecule has 0 atom stereocenters. The van der Waals surface area contributed by atoms with E-state index < -0.39 is 0 Å². The molecule has 170 valence electrons. The van der Waals surface area contributed by atoms with Gasteiger partial charge in [0.1, 0.15) is 17.3 Å². The lowest BCUT2D eigenvalue weighted by Gasteiger charge is -2.36. The summed E-state index contributed by atoms with van der Waals surface area (Å²) in [7, 11) is 3.31. The molecule has 1 fully saturated rings. The first-order valence-corrected chi connectivity index (χ1v) is 11.1. The second-order valence-electron chi connectivity index (χ2n) is 8.23. The predicted octanol–water partition coefficient (Wildman–Crippen LogP) is 5.58. The van der Waals surface area contributed by atoms with Crippen molar-refractivity contribution >= 4 is 16.7 Å². The fraction of sp³-hybridized carbons (Fsp3) is 0.259. The molecule has 0 saturated carbocycles. The molecule has 3 aromatic carbocycles. The van der Waals surface area contributed by atoms with Crippen LogP contribution in [0.15, 0.2) is 71.1 Å². The van der Waals surface area contributed by atoms with E-state index in [1.54, 1.807) is 20.3 Å². The van der Waals surface area contributed by atoms with Gasteiger partial charge in [-0.3, -0.25) is 4.90 Å². The van der Waals surface area contributed by atoms with Crippen LogP contribution < -0.4 is 14.4 Å². The van der Waals surface area contributed by atoms with Crippen LogP contribution in [-0.4, -0.2) is 45.3 Å². The first-order valence-electron chi connectivity index (χ1n) is 11.1. The minimum Gasteiger partial charge on any atom is -0.497 e. The molecule has 0 amide bonds. The zero-order valence-corrected chi connectivity index (χ0v) is 18.9. The van der Waals surface area contributed by atoms with Gasteiger partial charge in [0.25, 0.3) is 0 Å². The van der Waals surface area contributed by atoms with Gasteiger partial charge >= 0.3 is 0 Å². The largest absolute Gasteiger partial charge is 0.497 e. The highest BCUT2D eigenvalue weighted by atomic mass is 19.1. The molecule has 0 unspecified atom stereocenters. The fourth-order valence-electron chi connectivity index (χ4n) is 4.47. The molecule has 0 bridgehead atoms. The number of hydrogen-bond acceptors (Lipinski definition) is 5. The average Bonchev–Trinajstić information content (AvgIpc) is 3.31. The molecule has 33 heavy (non-hydrogen) atoms. The lowest BCUT2D eigenvalue weighted by Crippen LogP contribution is -2.46. The molecule has 1 saturated heterocycles. The predicted molar refractivity (Wildman–Crippen MR) is 129 cm³/mol. The van der Waals surface area contributed by atoms with E-state index >= 15 is 0 Å². The van der Waals surface area contributed by atoms with Crippen LogP contribution in [0.5, 0.6) is 11.5 Å². The number of hydrogen-bond donors (Lipinski definition) is 0. The number of halogens is 1. The molecule has 5 nitrogen and oxygen atoms in total. The third kappa shape index (κ3) is 4.26. The van der Waals surface area contributed by atoms with Crippen LogP contribution in [0.2, 0.25) is 0 Å². The van der Waals surface area contributed by atoms with Gasteiger partial charge in [-0.2, -0.15) is 0 Å². The highest BCUT2D eigenvalue weighted by Gasteiger charge is 2.21. The number of methoxy groups -OCH3 is 2. The van der Waals surface area contributed by atoms with Crippen LogP contribution >= 0.6 is 0 Å². The Morgan fingerprint density at radius 1 is 0.879 bits per heavy atom. The number of para-hydroxylation sites is 1. The molecule has 5 rings (SSSR count). The second-order valence-corrected chi connectivity index (χ2v) is 8.23. The number of fused-ring (bicyclic) bond motifs is 1. The lowest BCUT2D eigenvalue weighted by atomic mass is 10.1. The Labute approximate surface area is 192 Å². The summed E-state index contributed by atoms with van der Waals surface area (Å²) in [5.41, 5.74) is 3.57. The summed E-state index contributed by atoms with van der Waals surface area (Å²) in [5, 5.41) is 1.05. The zero-order valence-electron chi connectivity index (χ0n) is 18.9. The monoisotopic (exact) mass is 446 g/mol. The van der Waals surface area contributed by atoms with Gasteiger partial charge in [0, 0.05) is 43.7 Å². The van der Waals surface area contributed by atoms with Crippen molar-refractivity contribution in [3.63, 3.8) is 0 Å². The summed E-state index contributed by atoms with van der Waals surface area (Å²) in [6.07, 6.45) is 0. The maximum absolute atomic E-state index is 14.2. The van der Waals surface area contributed by atoms with Gasteiger partial charge < -0.3 is 18.8 Å². The summed E-state index contributed by atoms with van der Waals surface area (Å²) >= 11 is 0. The highest BCUT2D eigenvalue weighted by Crippen LogP contribution is 2.37. The lowest BCUT2D eigenvalue weighted by molar-refractivity contribution is 0.250. The Balaban J connectivity index is 1.38. The van der Waals surface area contributed by atoms with Crippen molar-refractivity contribution in [1.82, 2.24) is 4.90 Å². The quantitative estimate of drug-likeness (QED) is 0.387. The molecule has 0 N–H and O–H groups in total. The molecular weight excluding hydrogens is 419 g/mol. The van der Waals surface area contributed by atoms with Crippen LogP contribution in [0.4, 0.5) is 10.1 Å². The Hall–Kier alpha value is -3.51. The summed E-state index contributed by atoms with van der Waals surface area (Å²) in [5.74, 6) is 2.12. The van der Waals surface area contributed by atoms with Gasteiger partial charge in [0.2, 0.25) is 0 Å². The fourth-order valence-corrected chi connectivity index (χ4v) is 4.47. The molecule has 0 spiro atoms. The molecule has 2 heterocycles. The smallest absolute Gasteiger partial charge is 0.176 e. The van der Waals surface area contributed by atoms with Crippen LogP contribution in [-0.2, 0) is 6.54 Å². The van der Waals surface area contributed by atoms with Crippen LogP contribution in [0.25, 0.3) is 22.3 Å². The van der Waals surface area contributed by atoms with Gasteiger partial charge in [0.05, 0.1) is 19.9 Å². The third-order valence-electron chi connectivity index (χ3n) is 6.27. The van der Waals surface area contributed by atoms with Crippen molar-refractivity contribution in [3.05, 3.63) is 78.1 Å². The molecule has 6 heteroatoms. The number of ether oxygens (including phenoxy) is 2. The number of nitrogens with zero attached hydrogens (tertiary/aromatic N) is 2. The zero-order chi connectivity index (χ0) is 22.8. The Morgan fingerprint density at radius 3 is 2.45 bits per heavy atom. The minimum atomic E-state index is -0.161. The van der Waals surface area contributed by atoms with Crippen LogP contribution in [0, 0.1) is 5.82 Å². The maximum Gasteiger partial charge on any atom is 0.176 e. The Morgan fingerprint density at radius 2 is 1.70 bits per heavy atom. The summed E-state index contributed by atoms with van der Waals surface area (Å²) < 4.78 is 31.3. The van der Waals surface area contributed by atoms with Crippen molar-refractivity contribution in [2.75, 3.05) is 45.3 Å². The van der Waals surface area contributed by atoms with Crippen molar-refractivity contribution in [3.8, 4) is 22.8 Å². The van der Waals surface area contributed by atoms with E-state index in [0.717, 1.165) is 60.8 Å². The molecule has 1 aromatic heterocycles. The van der Waals surface area contributed by atoms with Crippen molar-refractivity contribution < 1.29 is 18.3 Å². The van der Waals surface area contributed by atoms with Crippen molar-refractivity contribution in [2.45, 2.75) is 6.54 Å². The van der Waals surface area contributed by atoms with Gasteiger partial charge in [-0.05, 0) is 42.0 Å². The Kier molecular flexibility index (Phi) is 5.92. The van der Waals surface area contributed by atoms with E-state index in [4.69, 9.17) is 13.9 Å². The van der Waals surface area contributed by atoms with E-state index in [0.29, 0.717) is 11.4 Å². The normalized spacial score (nSPS) is 14.6. The summed E-state index contributed by atoms with van der Waals surface area (Å²) in [6, 6.07) is 21.0. The van der Waals surface area contributed by atoms with E-state index in [2.05, 4.69) is 21.9 Å². The van der Waals surface area contributed by atoms with Crippen LogP contribution in [0.3, 0.4) is 0 Å². The molecule has 0 radical (unpaired) electrons. The van der Waals surface area contributed by atoms with E-state index in [1.165, 1.54) is 11.6 Å². The SMILES string of the molecule is COc1cccc(-c2cc3c(CN4CCN(c5ccccc5F)CC4)ccc(OC)c3o2)c1. The third-order valence-corrected chi connectivity index (χ3v) is 6.27. The maximum atomic E-state index is 14.2. The van der Waals surface area contributed by atoms with Crippen molar-refractivity contribution in [1.29, 1.82) is 0 Å². The van der Waals surface area contributed by atoms with E-state index in [-0.39, 0.29) is 5.82 Å². The molecule has 1 aliphatic rings. The number of piperazine rings is 1. The topological polar surface area (TPSA) is 38.1 Å². The molecule has 0 aliphatic carbocycles. The first kappa shape index (κ1) is 21.3. The Bertz CT molecular complexity index is 1260. The van der Waals surface area contributed by atoms with Crippen LogP contribution in [0.1, 0.15) is 5.56 Å². The molecular formula is C27H27FN2O3. The number of furan rings is 1. The second kappa shape index (κ2) is 9.16. The number of benzene rings is 3.